The lowest BCUT2D eigenvalue weighted by molar-refractivity contribution is -0.0248. The molecule has 1 aliphatic rings. The van der Waals surface area contributed by atoms with Gasteiger partial charge in [0.15, 0.2) is 0 Å². The van der Waals surface area contributed by atoms with Gasteiger partial charge in [0.1, 0.15) is 11.9 Å². The van der Waals surface area contributed by atoms with Gasteiger partial charge in [-0.2, -0.15) is 11.3 Å². The van der Waals surface area contributed by atoms with Crippen molar-refractivity contribution in [2.24, 2.45) is 0 Å². The lowest BCUT2D eigenvalue weighted by atomic mass is 10.1. The molecule has 1 saturated heterocycles. The Labute approximate surface area is 125 Å². The van der Waals surface area contributed by atoms with E-state index >= 15 is 0 Å². The number of amides is 1. The number of rotatable bonds is 2. The van der Waals surface area contributed by atoms with Crippen molar-refractivity contribution < 1.29 is 9.53 Å². The van der Waals surface area contributed by atoms with Crippen molar-refractivity contribution in [3.8, 4) is 0 Å². The Balaban J connectivity index is 1.79. The standard InChI is InChI=1S/C14H15N3O3S/c1-9-15-11(6-13(18)16-9)12-7-17(3-4-20-12)14(19)10-2-5-21-8-10/h2,5-6,8,12H,3-4,7H2,1H3,(H,15,16,18)/t12-/m0/s1. The predicted octanol–water partition coefficient (Wildman–Crippen LogP) is 1.35. The number of carbonyl (C=O) groups excluding carboxylic acids is 1. The van der Waals surface area contributed by atoms with E-state index in [-0.39, 0.29) is 17.6 Å². The van der Waals surface area contributed by atoms with Gasteiger partial charge in [0.05, 0.1) is 24.4 Å². The van der Waals surface area contributed by atoms with Crippen LogP contribution in [0.4, 0.5) is 0 Å². The molecule has 1 atom stereocenters. The Kier molecular flexibility index (Phi) is 3.85. The summed E-state index contributed by atoms with van der Waals surface area (Å²) in [4.78, 5) is 32.5. The average Bonchev–Trinajstić information content (AvgIpc) is 3.00. The Morgan fingerprint density at radius 2 is 2.43 bits per heavy atom. The van der Waals surface area contributed by atoms with E-state index in [9.17, 15) is 9.59 Å². The van der Waals surface area contributed by atoms with Crippen molar-refractivity contribution in [2.75, 3.05) is 19.7 Å². The molecule has 0 bridgehead atoms. The van der Waals surface area contributed by atoms with E-state index in [2.05, 4.69) is 9.97 Å². The minimum atomic E-state index is -0.359. The van der Waals surface area contributed by atoms with E-state index < -0.39 is 0 Å². The summed E-state index contributed by atoms with van der Waals surface area (Å²) in [5, 5.41) is 3.72. The summed E-state index contributed by atoms with van der Waals surface area (Å²) in [6.07, 6.45) is -0.359. The molecule has 1 fully saturated rings. The smallest absolute Gasteiger partial charge is 0.254 e. The number of thiophene rings is 1. The number of aromatic nitrogens is 2. The number of ether oxygens (including phenoxy) is 1. The fourth-order valence-corrected chi connectivity index (χ4v) is 2.98. The highest BCUT2D eigenvalue weighted by Gasteiger charge is 2.27. The molecule has 3 rings (SSSR count). The molecule has 1 amide bonds. The minimum absolute atomic E-state index is 0.00823. The average molecular weight is 305 g/mol. The van der Waals surface area contributed by atoms with Crippen molar-refractivity contribution in [3.05, 3.63) is 50.3 Å². The van der Waals surface area contributed by atoms with E-state index in [1.54, 1.807) is 11.8 Å². The number of hydrogen-bond acceptors (Lipinski definition) is 5. The normalized spacial score (nSPS) is 18.7. The molecule has 7 heteroatoms. The molecule has 1 aliphatic heterocycles. The van der Waals surface area contributed by atoms with Gasteiger partial charge in [-0.3, -0.25) is 9.59 Å². The van der Waals surface area contributed by atoms with Crippen molar-refractivity contribution in [3.63, 3.8) is 0 Å². The number of hydrogen-bond donors (Lipinski definition) is 1. The Morgan fingerprint density at radius 1 is 1.57 bits per heavy atom. The van der Waals surface area contributed by atoms with Gasteiger partial charge >= 0.3 is 0 Å². The molecule has 6 nitrogen and oxygen atoms in total. The Hall–Kier alpha value is -1.99. The van der Waals surface area contributed by atoms with Crippen LogP contribution in [0, 0.1) is 6.92 Å². The number of nitrogens with zero attached hydrogens (tertiary/aromatic N) is 2. The summed E-state index contributed by atoms with van der Waals surface area (Å²) >= 11 is 1.50. The molecule has 0 spiro atoms. The monoisotopic (exact) mass is 305 g/mol. The van der Waals surface area contributed by atoms with Crippen LogP contribution in [-0.4, -0.2) is 40.5 Å². The van der Waals surface area contributed by atoms with Crippen molar-refractivity contribution in [2.45, 2.75) is 13.0 Å². The molecule has 0 unspecified atom stereocenters. The van der Waals surface area contributed by atoms with Crippen LogP contribution in [0.1, 0.15) is 28.0 Å². The number of morpholine rings is 1. The first-order valence-corrected chi connectivity index (χ1v) is 7.59. The second-order valence-corrected chi connectivity index (χ2v) is 5.66. The molecule has 2 aromatic rings. The van der Waals surface area contributed by atoms with Gasteiger partial charge in [0.2, 0.25) is 0 Å². The summed E-state index contributed by atoms with van der Waals surface area (Å²) in [6.45, 7) is 3.12. The van der Waals surface area contributed by atoms with E-state index in [1.165, 1.54) is 17.4 Å². The van der Waals surface area contributed by atoms with Crippen LogP contribution in [0.25, 0.3) is 0 Å². The van der Waals surface area contributed by atoms with Crippen LogP contribution >= 0.6 is 11.3 Å². The van der Waals surface area contributed by atoms with Crippen molar-refractivity contribution in [1.29, 1.82) is 0 Å². The number of aryl methyl sites for hydroxylation is 1. The van der Waals surface area contributed by atoms with Gasteiger partial charge in [-0.05, 0) is 18.4 Å². The summed E-state index contributed by atoms with van der Waals surface area (Å²) in [6, 6.07) is 3.24. The quantitative estimate of drug-likeness (QED) is 0.909. The zero-order chi connectivity index (χ0) is 14.8. The van der Waals surface area contributed by atoms with Gasteiger partial charge in [-0.25, -0.2) is 4.98 Å². The Morgan fingerprint density at radius 3 is 3.14 bits per heavy atom. The first kappa shape index (κ1) is 14.0. The van der Waals surface area contributed by atoms with Crippen LogP contribution < -0.4 is 5.56 Å². The molecule has 0 aliphatic carbocycles. The molecule has 0 saturated carbocycles. The molecule has 1 N–H and O–H groups in total. The van der Waals surface area contributed by atoms with Gasteiger partial charge in [-0.1, -0.05) is 0 Å². The SMILES string of the molecule is Cc1nc([C@@H]2CN(C(=O)c3ccsc3)CCO2)cc(=O)[nH]1. The highest BCUT2D eigenvalue weighted by molar-refractivity contribution is 7.08. The zero-order valence-corrected chi connectivity index (χ0v) is 12.4. The van der Waals surface area contributed by atoms with Gasteiger partial charge in [-0.15, -0.1) is 0 Å². The predicted molar refractivity (Wildman–Crippen MR) is 78.5 cm³/mol. The lowest BCUT2D eigenvalue weighted by Crippen LogP contribution is -2.42. The van der Waals surface area contributed by atoms with E-state index in [1.807, 2.05) is 16.8 Å². The minimum Gasteiger partial charge on any atom is -0.368 e. The number of H-pyrrole nitrogens is 1. The lowest BCUT2D eigenvalue weighted by Gasteiger charge is -2.32. The summed E-state index contributed by atoms with van der Waals surface area (Å²) in [5.41, 5.74) is 1.05. The van der Waals surface area contributed by atoms with Crippen molar-refractivity contribution >= 4 is 17.2 Å². The zero-order valence-electron chi connectivity index (χ0n) is 11.5. The summed E-state index contributed by atoms with van der Waals surface area (Å²) in [5.74, 6) is 0.536. The molecule has 0 aromatic carbocycles. The number of carbonyl (C=O) groups is 1. The molecule has 2 aromatic heterocycles. The van der Waals surface area contributed by atoms with Gasteiger partial charge in [0.25, 0.3) is 11.5 Å². The van der Waals surface area contributed by atoms with Crippen LogP contribution in [0.5, 0.6) is 0 Å². The number of aromatic amines is 1. The van der Waals surface area contributed by atoms with E-state index in [0.29, 0.717) is 36.8 Å². The summed E-state index contributed by atoms with van der Waals surface area (Å²) < 4.78 is 5.67. The van der Waals surface area contributed by atoms with Crippen LogP contribution in [0.3, 0.4) is 0 Å². The molecule has 21 heavy (non-hydrogen) atoms. The molecule has 0 radical (unpaired) electrons. The second-order valence-electron chi connectivity index (χ2n) is 4.88. The van der Waals surface area contributed by atoms with Crippen LogP contribution in [0.2, 0.25) is 0 Å². The fourth-order valence-electron chi connectivity index (χ4n) is 2.35. The second kappa shape index (κ2) is 5.79. The maximum atomic E-state index is 12.4. The number of nitrogens with one attached hydrogen (secondary N) is 1. The third-order valence-corrected chi connectivity index (χ3v) is 4.01. The van der Waals surface area contributed by atoms with Gasteiger partial charge in [0, 0.05) is 18.0 Å². The summed E-state index contributed by atoms with van der Waals surface area (Å²) in [7, 11) is 0. The first-order valence-electron chi connectivity index (χ1n) is 6.64. The van der Waals surface area contributed by atoms with E-state index in [0.717, 1.165) is 0 Å². The van der Waals surface area contributed by atoms with Gasteiger partial charge < -0.3 is 14.6 Å². The largest absolute Gasteiger partial charge is 0.368 e. The first-order chi connectivity index (χ1) is 10.1. The maximum Gasteiger partial charge on any atom is 0.254 e. The van der Waals surface area contributed by atoms with Crippen LogP contribution in [0.15, 0.2) is 27.7 Å². The van der Waals surface area contributed by atoms with Crippen molar-refractivity contribution in [1.82, 2.24) is 14.9 Å². The highest BCUT2D eigenvalue weighted by Crippen LogP contribution is 2.21. The topological polar surface area (TPSA) is 75.3 Å². The molecule has 110 valence electrons. The third kappa shape index (κ3) is 3.03. The van der Waals surface area contributed by atoms with Crippen LogP contribution in [-0.2, 0) is 4.74 Å². The Bertz CT molecular complexity index is 696. The molecule has 3 heterocycles. The third-order valence-electron chi connectivity index (χ3n) is 3.33. The molecular weight excluding hydrogens is 290 g/mol. The molecular formula is C14H15N3O3S. The van der Waals surface area contributed by atoms with E-state index in [4.69, 9.17) is 4.74 Å². The highest BCUT2D eigenvalue weighted by atomic mass is 32.1. The fraction of sp³-hybridized carbons (Fsp3) is 0.357. The maximum absolute atomic E-state index is 12.4.